The molecule has 0 fully saturated rings. The smallest absolute Gasteiger partial charge is 0.227 e. The fourth-order valence-corrected chi connectivity index (χ4v) is 3.02. The Kier molecular flexibility index (Phi) is 5.93. The first-order valence-corrected chi connectivity index (χ1v) is 8.66. The summed E-state index contributed by atoms with van der Waals surface area (Å²) in [6.07, 6.45) is 1.61. The third kappa shape index (κ3) is 3.75. The second kappa shape index (κ2) is 7.57. The number of nitrogens with zero attached hydrogens (tertiary/aromatic N) is 5. The topological polar surface area (TPSA) is 56.0 Å². The van der Waals surface area contributed by atoms with E-state index in [1.807, 2.05) is 27.7 Å². The molecule has 2 aromatic heterocycles. The van der Waals surface area contributed by atoms with E-state index in [2.05, 4.69) is 10.2 Å². The zero-order valence-corrected chi connectivity index (χ0v) is 16.2. The van der Waals surface area contributed by atoms with Crippen molar-refractivity contribution < 1.29 is 4.79 Å². The molecule has 24 heavy (non-hydrogen) atoms. The number of aromatic nitrogens is 4. The number of aryl methyl sites for hydroxylation is 2. The van der Waals surface area contributed by atoms with Crippen LogP contribution >= 0.6 is 23.2 Å². The molecule has 6 nitrogen and oxygen atoms in total. The summed E-state index contributed by atoms with van der Waals surface area (Å²) in [5.41, 5.74) is 2.50. The minimum atomic E-state index is -0.221. The summed E-state index contributed by atoms with van der Waals surface area (Å²) in [4.78, 5) is 14.3. The maximum atomic E-state index is 12.7. The first-order chi connectivity index (χ1) is 11.3. The summed E-state index contributed by atoms with van der Waals surface area (Å²) >= 11 is 12.3. The van der Waals surface area contributed by atoms with Crippen LogP contribution in [0.3, 0.4) is 0 Å². The number of amides is 1. The molecule has 8 heteroatoms. The van der Waals surface area contributed by atoms with Crippen LogP contribution in [-0.4, -0.2) is 37.4 Å². The van der Waals surface area contributed by atoms with Crippen LogP contribution in [-0.2, 0) is 24.4 Å². The zero-order valence-electron chi connectivity index (χ0n) is 14.7. The molecule has 0 saturated carbocycles. The monoisotopic (exact) mass is 371 g/mol. The number of carbonyl (C=O) groups excluding carboxylic acids is 1. The quantitative estimate of drug-likeness (QED) is 0.782. The number of halogens is 2. The minimum absolute atomic E-state index is 0.0265. The molecule has 1 unspecified atom stereocenters. The van der Waals surface area contributed by atoms with Gasteiger partial charge in [-0.25, -0.2) is 0 Å². The van der Waals surface area contributed by atoms with E-state index in [4.69, 9.17) is 23.2 Å². The lowest BCUT2D eigenvalue weighted by molar-refractivity contribution is -0.134. The van der Waals surface area contributed by atoms with Crippen LogP contribution in [0.15, 0.2) is 6.20 Å². The minimum Gasteiger partial charge on any atom is -0.340 e. The van der Waals surface area contributed by atoms with Crippen LogP contribution < -0.4 is 0 Å². The molecular formula is C16H23Cl2N5O. The van der Waals surface area contributed by atoms with Gasteiger partial charge in [-0.3, -0.25) is 14.2 Å². The SMILES string of the molecule is CCn1ncc(Cl)c1CN(C)C(=O)C(C)Cn1nc(C)c(Cl)c1C. The molecule has 0 aliphatic rings. The van der Waals surface area contributed by atoms with Gasteiger partial charge < -0.3 is 4.90 Å². The molecule has 0 radical (unpaired) electrons. The van der Waals surface area contributed by atoms with Crippen molar-refractivity contribution in [1.82, 2.24) is 24.5 Å². The van der Waals surface area contributed by atoms with Crippen LogP contribution in [0.5, 0.6) is 0 Å². The first kappa shape index (κ1) is 18.8. The fourth-order valence-electron chi connectivity index (χ4n) is 2.69. The van der Waals surface area contributed by atoms with Crippen LogP contribution in [0.25, 0.3) is 0 Å². The third-order valence-corrected chi connectivity index (χ3v) is 4.98. The molecule has 0 N–H and O–H groups in total. The Balaban J connectivity index is 2.06. The van der Waals surface area contributed by atoms with Crippen molar-refractivity contribution in [3.63, 3.8) is 0 Å². The van der Waals surface area contributed by atoms with E-state index in [9.17, 15) is 4.79 Å². The highest BCUT2D eigenvalue weighted by atomic mass is 35.5. The van der Waals surface area contributed by atoms with Gasteiger partial charge in [-0.2, -0.15) is 10.2 Å². The number of hydrogen-bond acceptors (Lipinski definition) is 3. The average molecular weight is 372 g/mol. The van der Waals surface area contributed by atoms with E-state index in [1.54, 1.807) is 27.5 Å². The Morgan fingerprint density at radius 2 is 2.00 bits per heavy atom. The highest BCUT2D eigenvalue weighted by molar-refractivity contribution is 6.31. The fraction of sp³-hybridized carbons (Fsp3) is 0.562. The second-order valence-corrected chi connectivity index (χ2v) is 6.80. The second-order valence-electron chi connectivity index (χ2n) is 6.02. The maximum Gasteiger partial charge on any atom is 0.227 e. The highest BCUT2D eigenvalue weighted by Gasteiger charge is 2.22. The van der Waals surface area contributed by atoms with Gasteiger partial charge in [0.2, 0.25) is 5.91 Å². The standard InChI is InChI=1S/C16H23Cl2N5O/c1-6-22-14(13(17)7-19-22)9-21(5)16(24)10(2)8-23-12(4)15(18)11(3)20-23/h7,10H,6,8-9H2,1-5H3. The number of hydrogen-bond donors (Lipinski definition) is 0. The highest BCUT2D eigenvalue weighted by Crippen LogP contribution is 2.21. The van der Waals surface area contributed by atoms with E-state index in [1.165, 1.54) is 0 Å². The van der Waals surface area contributed by atoms with Gasteiger partial charge in [0.1, 0.15) is 0 Å². The lowest BCUT2D eigenvalue weighted by Crippen LogP contribution is -2.34. The molecule has 0 saturated heterocycles. The Labute approximate surface area is 152 Å². The molecule has 0 aliphatic heterocycles. The van der Waals surface area contributed by atoms with Gasteiger partial charge in [0.25, 0.3) is 0 Å². The van der Waals surface area contributed by atoms with Gasteiger partial charge in [0.05, 0.1) is 52.3 Å². The Hall–Kier alpha value is -1.53. The molecule has 2 heterocycles. The van der Waals surface area contributed by atoms with E-state index in [-0.39, 0.29) is 11.8 Å². The summed E-state index contributed by atoms with van der Waals surface area (Å²) in [7, 11) is 1.77. The predicted octanol–water partition coefficient (Wildman–Crippen LogP) is 3.32. The van der Waals surface area contributed by atoms with E-state index < -0.39 is 0 Å². The van der Waals surface area contributed by atoms with Crippen LogP contribution in [0, 0.1) is 19.8 Å². The summed E-state index contributed by atoms with van der Waals surface area (Å²) < 4.78 is 3.59. The van der Waals surface area contributed by atoms with Crippen molar-refractivity contribution in [3.8, 4) is 0 Å². The molecular weight excluding hydrogens is 349 g/mol. The first-order valence-electron chi connectivity index (χ1n) is 7.90. The maximum absolute atomic E-state index is 12.7. The predicted molar refractivity (Wildman–Crippen MR) is 95.3 cm³/mol. The van der Waals surface area contributed by atoms with Crippen molar-refractivity contribution in [2.45, 2.75) is 47.3 Å². The van der Waals surface area contributed by atoms with Crippen molar-refractivity contribution in [1.29, 1.82) is 0 Å². The average Bonchev–Trinajstić information content (AvgIpc) is 3.02. The largest absolute Gasteiger partial charge is 0.340 e. The lowest BCUT2D eigenvalue weighted by atomic mass is 10.1. The van der Waals surface area contributed by atoms with E-state index in [0.29, 0.717) is 29.7 Å². The molecule has 1 atom stereocenters. The van der Waals surface area contributed by atoms with E-state index >= 15 is 0 Å². The lowest BCUT2D eigenvalue weighted by Gasteiger charge is -2.22. The van der Waals surface area contributed by atoms with Gasteiger partial charge in [-0.15, -0.1) is 0 Å². The molecule has 0 spiro atoms. The molecule has 0 aromatic carbocycles. The molecule has 0 bridgehead atoms. The van der Waals surface area contributed by atoms with Gasteiger partial charge >= 0.3 is 0 Å². The number of rotatable bonds is 6. The van der Waals surface area contributed by atoms with Crippen LogP contribution in [0.4, 0.5) is 0 Å². The Morgan fingerprint density at radius 3 is 2.54 bits per heavy atom. The third-order valence-electron chi connectivity index (χ3n) is 4.12. The Bertz CT molecular complexity index is 737. The van der Waals surface area contributed by atoms with Crippen LogP contribution in [0.1, 0.15) is 30.9 Å². The van der Waals surface area contributed by atoms with Crippen molar-refractivity contribution in [2.24, 2.45) is 5.92 Å². The normalized spacial score (nSPS) is 12.5. The summed E-state index contributed by atoms with van der Waals surface area (Å²) in [6, 6.07) is 0. The van der Waals surface area contributed by atoms with Crippen molar-refractivity contribution >= 4 is 29.1 Å². The molecule has 132 valence electrons. The van der Waals surface area contributed by atoms with Gasteiger partial charge in [0.15, 0.2) is 0 Å². The molecule has 1 amide bonds. The summed E-state index contributed by atoms with van der Waals surface area (Å²) in [6.45, 7) is 9.27. The molecule has 0 aliphatic carbocycles. The zero-order chi connectivity index (χ0) is 18.0. The van der Waals surface area contributed by atoms with Crippen LogP contribution in [0.2, 0.25) is 10.0 Å². The van der Waals surface area contributed by atoms with E-state index in [0.717, 1.165) is 17.1 Å². The Morgan fingerprint density at radius 1 is 1.33 bits per heavy atom. The summed E-state index contributed by atoms with van der Waals surface area (Å²) in [5, 5.41) is 9.82. The summed E-state index contributed by atoms with van der Waals surface area (Å²) in [5.74, 6) is -0.195. The molecule has 2 aromatic rings. The number of carbonyl (C=O) groups is 1. The van der Waals surface area contributed by atoms with Crippen molar-refractivity contribution in [3.05, 3.63) is 33.3 Å². The van der Waals surface area contributed by atoms with Gasteiger partial charge in [-0.1, -0.05) is 30.1 Å². The van der Waals surface area contributed by atoms with Gasteiger partial charge in [-0.05, 0) is 20.8 Å². The molecule has 2 rings (SSSR count). The van der Waals surface area contributed by atoms with Crippen molar-refractivity contribution in [2.75, 3.05) is 7.05 Å². The van der Waals surface area contributed by atoms with Gasteiger partial charge in [0, 0.05) is 13.6 Å².